The lowest BCUT2D eigenvalue weighted by Gasteiger charge is -2.41. The molecular weight excluding hydrogens is 693 g/mol. The molecule has 1 unspecified atom stereocenters. The number of aliphatic hydroxyl groups is 1. The lowest BCUT2D eigenvalue weighted by molar-refractivity contribution is 0.172. The van der Waals surface area contributed by atoms with Crippen molar-refractivity contribution >= 4 is 162 Å². The topological polar surface area (TPSA) is 20.2 Å². The fraction of sp³-hybridized carbons (Fsp3) is 0.600. The fourth-order valence-corrected chi connectivity index (χ4v) is 5.22. The summed E-state index contributed by atoms with van der Waals surface area (Å²) in [7, 11) is 0. The molecule has 1 nitrogen and oxygen atoms in total. The summed E-state index contributed by atoms with van der Waals surface area (Å²) in [4.78, 5) is 0. The number of halogens is 14. The van der Waals surface area contributed by atoms with E-state index in [9.17, 15) is 5.11 Å². The molecule has 0 saturated carbocycles. The van der Waals surface area contributed by atoms with E-state index in [1.807, 2.05) is 0 Å². The molecule has 0 heterocycles. The highest BCUT2D eigenvalue weighted by Crippen LogP contribution is 2.64. The number of rotatable bonds is 6. The van der Waals surface area contributed by atoms with Crippen LogP contribution in [0.25, 0.3) is 0 Å². The van der Waals surface area contributed by atoms with Gasteiger partial charge < -0.3 is 5.11 Å². The maximum absolute atomic E-state index is 10.4. The summed E-state index contributed by atoms with van der Waals surface area (Å²) in [6.45, 7) is 1.69. The van der Waals surface area contributed by atoms with Gasteiger partial charge in [0.1, 0.15) is 0 Å². The lowest BCUT2D eigenvalue weighted by Crippen LogP contribution is -2.47. The Morgan fingerprint density at radius 1 is 0.700 bits per heavy atom. The molecule has 0 aliphatic heterocycles. The molecule has 1 N–H and O–H groups in total. The molecule has 174 valence electrons. The van der Waals surface area contributed by atoms with Gasteiger partial charge in [-0.25, -0.2) is 0 Å². The van der Waals surface area contributed by atoms with Crippen LogP contribution >= 0.6 is 162 Å². The zero-order valence-corrected chi connectivity index (χ0v) is 24.8. The summed E-state index contributed by atoms with van der Waals surface area (Å²) >= 11 is 85.7. The molecule has 1 atom stereocenters. The lowest BCUT2D eigenvalue weighted by atomic mass is 9.92. The van der Waals surface area contributed by atoms with E-state index in [-0.39, 0.29) is 23.1 Å². The summed E-state index contributed by atoms with van der Waals surface area (Å²) in [5.41, 5.74) is 0.0374. The highest BCUT2D eigenvalue weighted by Gasteiger charge is 2.63. The normalized spacial score (nSPS) is 16.0. The summed E-state index contributed by atoms with van der Waals surface area (Å²) in [5.74, 6) is 0. The van der Waals surface area contributed by atoms with Crippen molar-refractivity contribution < 1.29 is 5.11 Å². The standard InChI is InChI=1S/C15H10Cl14O/c1-2-9(30)7-4-3-6(10(16,17)12(20,21)14(24,25)26)5-8(7)11(18,19)13(22,23)15(27,28)29/h3-5,9,30H,2H2,1H3. The second-order valence-electron chi connectivity index (χ2n) is 6.02. The Morgan fingerprint density at radius 2 is 1.10 bits per heavy atom. The Hall–Kier alpha value is 3.24. The molecule has 30 heavy (non-hydrogen) atoms. The van der Waals surface area contributed by atoms with E-state index in [1.54, 1.807) is 6.92 Å². The van der Waals surface area contributed by atoms with E-state index < -0.39 is 31.0 Å². The predicted molar refractivity (Wildman–Crippen MR) is 138 cm³/mol. The Balaban J connectivity index is 3.87. The van der Waals surface area contributed by atoms with E-state index in [0.717, 1.165) is 0 Å². The van der Waals surface area contributed by atoms with Crippen LogP contribution in [0.15, 0.2) is 18.2 Å². The third-order valence-electron chi connectivity index (χ3n) is 4.00. The molecule has 0 amide bonds. The molecule has 0 aliphatic rings. The van der Waals surface area contributed by atoms with Crippen LogP contribution in [0.4, 0.5) is 0 Å². The Morgan fingerprint density at radius 3 is 1.47 bits per heavy atom. The van der Waals surface area contributed by atoms with Gasteiger partial charge in [-0.1, -0.05) is 181 Å². The van der Waals surface area contributed by atoms with Crippen LogP contribution in [0.1, 0.15) is 36.1 Å². The second kappa shape index (κ2) is 10.3. The van der Waals surface area contributed by atoms with Gasteiger partial charge in [0.05, 0.1) is 6.10 Å². The minimum absolute atomic E-state index is 0.0386. The zero-order chi connectivity index (χ0) is 24.1. The van der Waals surface area contributed by atoms with Crippen LogP contribution in [-0.2, 0) is 8.67 Å². The first-order valence-electron chi connectivity index (χ1n) is 7.55. The SMILES string of the molecule is CCC(O)c1ccc(C(Cl)(Cl)C(Cl)(Cl)C(Cl)(Cl)Cl)cc1C(Cl)(Cl)C(Cl)(Cl)C(Cl)(Cl)Cl. The summed E-state index contributed by atoms with van der Waals surface area (Å²) in [6, 6.07) is 3.94. The molecule has 0 aliphatic carbocycles. The third kappa shape index (κ3) is 5.79. The predicted octanol–water partition coefficient (Wildman–Crippen LogP) is 10.5. The Bertz CT molecular complexity index is 762. The van der Waals surface area contributed by atoms with Crippen molar-refractivity contribution in [3.8, 4) is 0 Å². The minimum atomic E-state index is -2.43. The van der Waals surface area contributed by atoms with Crippen molar-refractivity contribution in [3.63, 3.8) is 0 Å². The van der Waals surface area contributed by atoms with Gasteiger partial charge in [-0.2, -0.15) is 0 Å². The molecule has 0 aromatic heterocycles. The largest absolute Gasteiger partial charge is 0.388 e. The maximum Gasteiger partial charge on any atom is 0.226 e. The van der Waals surface area contributed by atoms with Crippen molar-refractivity contribution in [3.05, 3.63) is 34.9 Å². The molecule has 0 bridgehead atoms. The van der Waals surface area contributed by atoms with E-state index in [1.165, 1.54) is 18.2 Å². The van der Waals surface area contributed by atoms with Crippen molar-refractivity contribution in [1.82, 2.24) is 0 Å². The van der Waals surface area contributed by atoms with Gasteiger partial charge in [-0.15, -0.1) is 0 Å². The van der Waals surface area contributed by atoms with Gasteiger partial charge in [-0.05, 0) is 29.2 Å². The molecular formula is C15H10Cl14O. The van der Waals surface area contributed by atoms with Crippen LogP contribution in [0.5, 0.6) is 0 Å². The maximum atomic E-state index is 10.4. The average Bonchev–Trinajstić information content (AvgIpc) is 2.58. The van der Waals surface area contributed by atoms with Crippen LogP contribution in [0, 0.1) is 0 Å². The first kappa shape index (κ1) is 31.3. The number of benzene rings is 1. The van der Waals surface area contributed by atoms with Crippen molar-refractivity contribution in [1.29, 1.82) is 0 Å². The third-order valence-corrected chi connectivity index (χ3v) is 11.9. The average molecular weight is 703 g/mol. The van der Waals surface area contributed by atoms with Gasteiger partial charge in [0.2, 0.25) is 16.3 Å². The van der Waals surface area contributed by atoms with Crippen LogP contribution in [0.2, 0.25) is 0 Å². The molecule has 0 saturated heterocycles. The minimum Gasteiger partial charge on any atom is -0.388 e. The number of alkyl halides is 14. The molecule has 1 rings (SSSR count). The van der Waals surface area contributed by atoms with Gasteiger partial charge in [0, 0.05) is 0 Å². The van der Waals surface area contributed by atoms with Crippen LogP contribution in [0.3, 0.4) is 0 Å². The molecule has 0 fully saturated rings. The monoisotopic (exact) mass is 696 g/mol. The molecule has 1 aromatic carbocycles. The smallest absolute Gasteiger partial charge is 0.226 e. The van der Waals surface area contributed by atoms with Gasteiger partial charge in [-0.3, -0.25) is 0 Å². The van der Waals surface area contributed by atoms with Crippen molar-refractivity contribution in [2.24, 2.45) is 0 Å². The molecule has 1 aromatic rings. The van der Waals surface area contributed by atoms with Crippen molar-refractivity contribution in [2.45, 2.75) is 44.4 Å². The van der Waals surface area contributed by atoms with Gasteiger partial charge >= 0.3 is 0 Å². The van der Waals surface area contributed by atoms with Gasteiger partial charge in [0.15, 0.2) is 8.67 Å². The van der Waals surface area contributed by atoms with Crippen LogP contribution < -0.4 is 0 Å². The summed E-state index contributed by atoms with van der Waals surface area (Å²) < 4.78 is -14.1. The Kier molecular flexibility index (Phi) is 10.7. The Labute approximate surface area is 244 Å². The number of aliphatic hydroxyl groups excluding tert-OH is 1. The number of hydrogen-bond donors (Lipinski definition) is 1. The first-order valence-corrected chi connectivity index (χ1v) is 12.8. The summed E-state index contributed by atoms with van der Waals surface area (Å²) in [6.07, 6.45) is -0.826. The molecule has 15 heteroatoms. The van der Waals surface area contributed by atoms with Gasteiger partial charge in [0.25, 0.3) is 0 Å². The quantitative estimate of drug-likeness (QED) is 0.293. The van der Waals surface area contributed by atoms with E-state index >= 15 is 0 Å². The highest BCUT2D eigenvalue weighted by atomic mass is 35.6. The van der Waals surface area contributed by atoms with E-state index in [4.69, 9.17) is 162 Å². The van der Waals surface area contributed by atoms with E-state index in [2.05, 4.69) is 0 Å². The second-order valence-corrected chi connectivity index (χ2v) is 15.9. The molecule has 0 radical (unpaired) electrons. The van der Waals surface area contributed by atoms with E-state index in [0.29, 0.717) is 0 Å². The van der Waals surface area contributed by atoms with Crippen molar-refractivity contribution in [2.75, 3.05) is 0 Å². The molecule has 0 spiro atoms. The van der Waals surface area contributed by atoms with Crippen LogP contribution in [-0.4, -0.2) is 21.4 Å². The fourth-order valence-electron chi connectivity index (χ4n) is 2.24. The first-order chi connectivity index (χ1) is 13.1. The zero-order valence-electron chi connectivity index (χ0n) is 14.3. The highest BCUT2D eigenvalue weighted by molar-refractivity contribution is 6.79. The number of hydrogen-bond acceptors (Lipinski definition) is 1. The summed E-state index contributed by atoms with van der Waals surface area (Å²) in [5, 5.41) is 10.4.